The number of rotatable bonds is 4. The van der Waals surface area contributed by atoms with Crippen LogP contribution in [0.15, 0.2) is 59.3 Å². The molecule has 0 saturated heterocycles. The number of anilines is 3. The summed E-state index contributed by atoms with van der Waals surface area (Å²) in [7, 11) is 0. The summed E-state index contributed by atoms with van der Waals surface area (Å²) in [5, 5.41) is 5.97. The van der Waals surface area contributed by atoms with Gasteiger partial charge in [-0.05, 0) is 49.7 Å². The Hall–Kier alpha value is -2.73. The summed E-state index contributed by atoms with van der Waals surface area (Å²) in [6, 6.07) is 13.6. The average molecular weight is 397 g/mol. The summed E-state index contributed by atoms with van der Waals surface area (Å²) >= 11 is 3.44. The number of amides is 1. The standard InChI is InChI=1S/C19H17BrN4O/c1-12-3-5-14(6-4-12)23-18-11-21-17(10-22-18)19(25)24-15-7-8-16(20)13(2)9-15/h3-11H,1-2H3,(H,22,23)(H,24,25). The van der Waals surface area contributed by atoms with Crippen LogP contribution in [0.5, 0.6) is 0 Å². The van der Waals surface area contributed by atoms with Crippen LogP contribution in [-0.4, -0.2) is 15.9 Å². The Labute approximate surface area is 154 Å². The van der Waals surface area contributed by atoms with Crippen LogP contribution in [0.3, 0.4) is 0 Å². The molecule has 0 bridgehead atoms. The molecule has 1 aromatic heterocycles. The van der Waals surface area contributed by atoms with Crippen molar-refractivity contribution in [2.45, 2.75) is 13.8 Å². The number of aromatic nitrogens is 2. The first kappa shape index (κ1) is 17.1. The summed E-state index contributed by atoms with van der Waals surface area (Å²) in [5.74, 6) is 0.288. The molecule has 0 aliphatic carbocycles. The van der Waals surface area contributed by atoms with Gasteiger partial charge in [0.1, 0.15) is 11.5 Å². The molecule has 3 aromatic rings. The fourth-order valence-electron chi connectivity index (χ4n) is 2.21. The van der Waals surface area contributed by atoms with E-state index in [2.05, 4.69) is 36.5 Å². The summed E-state index contributed by atoms with van der Waals surface area (Å²) in [4.78, 5) is 20.7. The monoisotopic (exact) mass is 396 g/mol. The molecule has 25 heavy (non-hydrogen) atoms. The molecule has 0 aliphatic rings. The van der Waals surface area contributed by atoms with E-state index < -0.39 is 0 Å². The minimum atomic E-state index is -0.295. The van der Waals surface area contributed by atoms with Crippen molar-refractivity contribution in [1.29, 1.82) is 0 Å². The first-order chi connectivity index (χ1) is 12.0. The third-order valence-electron chi connectivity index (χ3n) is 3.62. The number of carbonyl (C=O) groups is 1. The molecule has 1 amide bonds. The van der Waals surface area contributed by atoms with E-state index in [-0.39, 0.29) is 11.6 Å². The van der Waals surface area contributed by atoms with Crippen molar-refractivity contribution in [3.05, 3.63) is 76.2 Å². The minimum absolute atomic E-state index is 0.259. The van der Waals surface area contributed by atoms with Crippen LogP contribution in [0.25, 0.3) is 0 Å². The molecule has 0 spiro atoms. The van der Waals surface area contributed by atoms with Crippen LogP contribution in [0, 0.1) is 13.8 Å². The van der Waals surface area contributed by atoms with Crippen LogP contribution >= 0.6 is 15.9 Å². The van der Waals surface area contributed by atoms with E-state index >= 15 is 0 Å². The van der Waals surface area contributed by atoms with Gasteiger partial charge in [0.05, 0.1) is 12.4 Å². The quantitative estimate of drug-likeness (QED) is 0.661. The van der Waals surface area contributed by atoms with E-state index in [1.54, 1.807) is 6.20 Å². The van der Waals surface area contributed by atoms with Gasteiger partial charge in [0.2, 0.25) is 0 Å². The molecule has 1 heterocycles. The third-order valence-corrected chi connectivity index (χ3v) is 4.51. The molecule has 0 atom stereocenters. The predicted molar refractivity (Wildman–Crippen MR) is 103 cm³/mol. The fraction of sp³-hybridized carbons (Fsp3) is 0.105. The summed E-state index contributed by atoms with van der Waals surface area (Å²) in [6.45, 7) is 4.00. The van der Waals surface area contributed by atoms with Crippen LogP contribution in [0.1, 0.15) is 21.6 Å². The molecular weight excluding hydrogens is 380 g/mol. The topological polar surface area (TPSA) is 66.9 Å². The number of aryl methyl sites for hydroxylation is 2. The normalized spacial score (nSPS) is 10.4. The summed E-state index contributed by atoms with van der Waals surface area (Å²) in [6.07, 6.45) is 3.00. The molecule has 5 nitrogen and oxygen atoms in total. The van der Waals surface area contributed by atoms with Crippen molar-refractivity contribution < 1.29 is 4.79 Å². The van der Waals surface area contributed by atoms with E-state index in [0.29, 0.717) is 11.5 Å². The Morgan fingerprint density at radius 1 is 0.960 bits per heavy atom. The molecule has 6 heteroatoms. The molecule has 0 radical (unpaired) electrons. The van der Waals surface area contributed by atoms with Crippen LogP contribution in [-0.2, 0) is 0 Å². The highest BCUT2D eigenvalue weighted by atomic mass is 79.9. The second-order valence-corrected chi connectivity index (χ2v) is 6.55. The lowest BCUT2D eigenvalue weighted by atomic mass is 10.2. The van der Waals surface area contributed by atoms with Crippen molar-refractivity contribution in [3.63, 3.8) is 0 Å². The lowest BCUT2D eigenvalue weighted by Crippen LogP contribution is -2.14. The van der Waals surface area contributed by atoms with E-state index in [9.17, 15) is 4.79 Å². The van der Waals surface area contributed by atoms with E-state index in [4.69, 9.17) is 0 Å². The number of hydrogen-bond acceptors (Lipinski definition) is 4. The highest BCUT2D eigenvalue weighted by Gasteiger charge is 2.09. The third kappa shape index (κ3) is 4.42. The largest absolute Gasteiger partial charge is 0.339 e. The Balaban J connectivity index is 1.67. The second-order valence-electron chi connectivity index (χ2n) is 5.70. The van der Waals surface area contributed by atoms with Gasteiger partial charge in [-0.3, -0.25) is 4.79 Å². The summed E-state index contributed by atoms with van der Waals surface area (Å²) in [5.41, 5.74) is 4.13. The first-order valence-corrected chi connectivity index (χ1v) is 8.54. The number of hydrogen-bond donors (Lipinski definition) is 2. The SMILES string of the molecule is Cc1ccc(Nc2cnc(C(=O)Nc3ccc(Br)c(C)c3)cn2)cc1. The van der Waals surface area contributed by atoms with Gasteiger partial charge >= 0.3 is 0 Å². The Morgan fingerprint density at radius 3 is 2.32 bits per heavy atom. The van der Waals surface area contributed by atoms with Crippen molar-refractivity contribution >= 4 is 39.0 Å². The van der Waals surface area contributed by atoms with Gasteiger partial charge in [0.25, 0.3) is 5.91 Å². The maximum Gasteiger partial charge on any atom is 0.275 e. The molecule has 126 valence electrons. The van der Waals surface area contributed by atoms with Crippen LogP contribution in [0.4, 0.5) is 17.2 Å². The number of halogens is 1. The molecule has 3 rings (SSSR count). The number of nitrogens with one attached hydrogen (secondary N) is 2. The van der Waals surface area contributed by atoms with Crippen molar-refractivity contribution in [2.24, 2.45) is 0 Å². The van der Waals surface area contributed by atoms with Gasteiger partial charge in [-0.1, -0.05) is 33.6 Å². The van der Waals surface area contributed by atoms with Gasteiger partial charge in [-0.15, -0.1) is 0 Å². The van der Waals surface area contributed by atoms with Crippen molar-refractivity contribution in [1.82, 2.24) is 9.97 Å². The molecule has 2 aromatic carbocycles. The van der Waals surface area contributed by atoms with Gasteiger partial charge < -0.3 is 10.6 Å². The highest BCUT2D eigenvalue weighted by molar-refractivity contribution is 9.10. The number of benzene rings is 2. The molecule has 0 saturated carbocycles. The zero-order valence-corrected chi connectivity index (χ0v) is 15.5. The zero-order valence-electron chi connectivity index (χ0n) is 13.9. The van der Waals surface area contributed by atoms with Gasteiger partial charge in [-0.2, -0.15) is 0 Å². The molecule has 0 unspecified atom stereocenters. The fourth-order valence-corrected chi connectivity index (χ4v) is 2.46. The summed E-state index contributed by atoms with van der Waals surface area (Å²) < 4.78 is 0.997. The number of nitrogens with zero attached hydrogens (tertiary/aromatic N) is 2. The van der Waals surface area contributed by atoms with Crippen LogP contribution in [0.2, 0.25) is 0 Å². The smallest absolute Gasteiger partial charge is 0.275 e. The lowest BCUT2D eigenvalue weighted by molar-refractivity contribution is 0.102. The van der Waals surface area contributed by atoms with Gasteiger partial charge in [0.15, 0.2) is 0 Å². The minimum Gasteiger partial charge on any atom is -0.339 e. The van der Waals surface area contributed by atoms with E-state index in [0.717, 1.165) is 15.7 Å². The molecular formula is C19H17BrN4O. The van der Waals surface area contributed by atoms with Crippen molar-refractivity contribution in [2.75, 3.05) is 10.6 Å². The van der Waals surface area contributed by atoms with E-state index in [1.165, 1.54) is 11.8 Å². The second kappa shape index (κ2) is 7.44. The Bertz CT molecular complexity index is 892. The first-order valence-electron chi connectivity index (χ1n) is 7.74. The highest BCUT2D eigenvalue weighted by Crippen LogP contribution is 2.20. The maximum atomic E-state index is 12.3. The average Bonchev–Trinajstić information content (AvgIpc) is 2.61. The van der Waals surface area contributed by atoms with Gasteiger partial charge in [-0.25, -0.2) is 9.97 Å². The Morgan fingerprint density at radius 2 is 1.68 bits per heavy atom. The lowest BCUT2D eigenvalue weighted by Gasteiger charge is -2.08. The Kier molecular flexibility index (Phi) is 5.09. The van der Waals surface area contributed by atoms with E-state index in [1.807, 2.05) is 56.3 Å². The predicted octanol–water partition coefficient (Wildman–Crippen LogP) is 4.85. The maximum absolute atomic E-state index is 12.3. The van der Waals surface area contributed by atoms with Crippen molar-refractivity contribution in [3.8, 4) is 0 Å². The zero-order chi connectivity index (χ0) is 17.8. The van der Waals surface area contributed by atoms with Crippen LogP contribution < -0.4 is 10.6 Å². The molecule has 2 N–H and O–H groups in total. The van der Waals surface area contributed by atoms with Gasteiger partial charge in [0, 0.05) is 15.8 Å². The molecule has 0 fully saturated rings. The molecule has 0 aliphatic heterocycles. The number of carbonyl (C=O) groups excluding carboxylic acids is 1.